The summed E-state index contributed by atoms with van der Waals surface area (Å²) in [5.74, 6) is 5.81. The van der Waals surface area contributed by atoms with E-state index in [4.69, 9.17) is 9.47 Å². The first-order chi connectivity index (χ1) is 14.0. The van der Waals surface area contributed by atoms with Gasteiger partial charge in [-0.3, -0.25) is 0 Å². The predicted octanol–water partition coefficient (Wildman–Crippen LogP) is 3.69. The van der Waals surface area contributed by atoms with Crippen LogP contribution >= 0.6 is 0 Å². The van der Waals surface area contributed by atoms with Crippen molar-refractivity contribution in [2.24, 2.45) is 0 Å². The SMILES string of the molecule is CCCS(=O)(=O)c1cccc(C#Cc2nc(C)ccc2OCC(=O)OC(C)(C)C)c1. The molecule has 0 aliphatic carbocycles. The number of benzene rings is 1. The van der Waals surface area contributed by atoms with Crippen molar-refractivity contribution in [2.45, 2.75) is 51.5 Å². The molecular weight excluding hydrogens is 402 g/mol. The van der Waals surface area contributed by atoms with Crippen LogP contribution in [0.25, 0.3) is 0 Å². The standard InChI is InChI=1S/C23H27NO5S/c1-6-14-30(26,27)19-9-7-8-18(15-19)11-12-20-21(13-10-17(2)24-20)28-16-22(25)29-23(3,4)5/h7-10,13,15H,6,14,16H2,1-5H3. The number of ether oxygens (including phenoxy) is 2. The molecule has 6 nitrogen and oxygen atoms in total. The summed E-state index contributed by atoms with van der Waals surface area (Å²) in [4.78, 5) is 16.5. The molecule has 0 amide bonds. The summed E-state index contributed by atoms with van der Waals surface area (Å²) >= 11 is 0. The summed E-state index contributed by atoms with van der Waals surface area (Å²) < 4.78 is 35.4. The first kappa shape index (κ1) is 23.4. The van der Waals surface area contributed by atoms with Crippen LogP contribution in [0.15, 0.2) is 41.3 Å². The highest BCUT2D eigenvalue weighted by Gasteiger charge is 2.17. The third-order valence-electron chi connectivity index (χ3n) is 3.75. The molecule has 0 radical (unpaired) electrons. The van der Waals surface area contributed by atoms with E-state index in [0.29, 0.717) is 23.4 Å². The average Bonchev–Trinajstić information content (AvgIpc) is 2.64. The zero-order valence-corrected chi connectivity index (χ0v) is 18.8. The van der Waals surface area contributed by atoms with Crippen LogP contribution in [-0.2, 0) is 19.4 Å². The van der Waals surface area contributed by atoms with Crippen molar-refractivity contribution in [3.63, 3.8) is 0 Å². The van der Waals surface area contributed by atoms with Crippen molar-refractivity contribution in [3.8, 4) is 17.6 Å². The Morgan fingerprint density at radius 3 is 2.53 bits per heavy atom. The molecule has 0 atom stereocenters. The molecule has 160 valence electrons. The second-order valence-electron chi connectivity index (χ2n) is 7.77. The summed E-state index contributed by atoms with van der Waals surface area (Å²) in [5.41, 5.74) is 1.05. The Hall–Kier alpha value is -2.85. The van der Waals surface area contributed by atoms with Gasteiger partial charge in [-0.05, 0) is 70.4 Å². The van der Waals surface area contributed by atoms with E-state index in [-0.39, 0.29) is 17.3 Å². The lowest BCUT2D eigenvalue weighted by Crippen LogP contribution is -2.27. The number of carbonyl (C=O) groups excluding carboxylic acids is 1. The number of pyridine rings is 1. The molecule has 2 aromatic rings. The van der Waals surface area contributed by atoms with Gasteiger partial charge in [0.1, 0.15) is 5.60 Å². The van der Waals surface area contributed by atoms with Gasteiger partial charge in [0.15, 0.2) is 27.9 Å². The predicted molar refractivity (Wildman–Crippen MR) is 115 cm³/mol. The Morgan fingerprint density at radius 2 is 1.87 bits per heavy atom. The van der Waals surface area contributed by atoms with Crippen molar-refractivity contribution >= 4 is 15.8 Å². The zero-order valence-electron chi connectivity index (χ0n) is 18.0. The van der Waals surface area contributed by atoms with E-state index in [1.807, 2.05) is 13.8 Å². The van der Waals surface area contributed by atoms with Gasteiger partial charge in [0.05, 0.1) is 10.6 Å². The third-order valence-corrected chi connectivity index (χ3v) is 5.67. The van der Waals surface area contributed by atoms with E-state index in [1.165, 1.54) is 0 Å². The van der Waals surface area contributed by atoms with Gasteiger partial charge < -0.3 is 9.47 Å². The molecule has 0 fully saturated rings. The van der Waals surface area contributed by atoms with Gasteiger partial charge in [-0.25, -0.2) is 18.2 Å². The molecule has 1 aromatic heterocycles. The Labute approximate surface area is 178 Å². The molecule has 2 rings (SSSR count). The quantitative estimate of drug-likeness (QED) is 0.514. The molecule has 30 heavy (non-hydrogen) atoms. The smallest absolute Gasteiger partial charge is 0.344 e. The van der Waals surface area contributed by atoms with Gasteiger partial charge in [-0.2, -0.15) is 0 Å². The van der Waals surface area contributed by atoms with E-state index >= 15 is 0 Å². The van der Waals surface area contributed by atoms with E-state index in [1.54, 1.807) is 57.2 Å². The van der Waals surface area contributed by atoms with E-state index in [2.05, 4.69) is 16.8 Å². The number of hydrogen-bond donors (Lipinski definition) is 0. The monoisotopic (exact) mass is 429 g/mol. The largest absolute Gasteiger partial charge is 0.479 e. The number of aromatic nitrogens is 1. The van der Waals surface area contributed by atoms with Gasteiger partial charge in [0.25, 0.3) is 0 Å². The highest BCUT2D eigenvalue weighted by atomic mass is 32.2. The van der Waals surface area contributed by atoms with Crippen LogP contribution in [0.2, 0.25) is 0 Å². The fourth-order valence-electron chi connectivity index (χ4n) is 2.54. The van der Waals surface area contributed by atoms with Crippen molar-refractivity contribution in [1.29, 1.82) is 0 Å². The van der Waals surface area contributed by atoms with Gasteiger partial charge in [-0.1, -0.05) is 18.9 Å². The summed E-state index contributed by atoms with van der Waals surface area (Å²) in [5, 5.41) is 0. The second-order valence-corrected chi connectivity index (χ2v) is 9.88. The molecule has 0 N–H and O–H groups in total. The normalized spacial score (nSPS) is 11.4. The molecule has 0 unspecified atom stereocenters. The summed E-state index contributed by atoms with van der Waals surface area (Å²) in [6, 6.07) is 9.96. The van der Waals surface area contributed by atoms with Crippen molar-refractivity contribution in [3.05, 3.63) is 53.3 Å². The fourth-order valence-corrected chi connectivity index (χ4v) is 3.91. The van der Waals surface area contributed by atoms with Crippen molar-refractivity contribution < 1.29 is 22.7 Å². The van der Waals surface area contributed by atoms with Crippen LogP contribution in [0.1, 0.15) is 51.1 Å². The lowest BCUT2D eigenvalue weighted by molar-refractivity contribution is -0.157. The van der Waals surface area contributed by atoms with Crippen molar-refractivity contribution in [1.82, 2.24) is 4.98 Å². The molecule has 1 aromatic carbocycles. The van der Waals surface area contributed by atoms with Gasteiger partial charge in [-0.15, -0.1) is 0 Å². The number of rotatable bonds is 6. The van der Waals surface area contributed by atoms with Crippen LogP contribution in [-0.4, -0.2) is 37.3 Å². The summed E-state index contributed by atoms with van der Waals surface area (Å²) in [7, 11) is -3.32. The molecule has 0 saturated heterocycles. The van der Waals surface area contributed by atoms with Crippen molar-refractivity contribution in [2.75, 3.05) is 12.4 Å². The zero-order chi connectivity index (χ0) is 22.4. The first-order valence-corrected chi connectivity index (χ1v) is 11.3. The number of nitrogens with zero attached hydrogens (tertiary/aromatic N) is 1. The Balaban J connectivity index is 2.25. The molecular formula is C23H27NO5S. The Morgan fingerprint density at radius 1 is 1.13 bits per heavy atom. The maximum absolute atomic E-state index is 12.3. The molecule has 7 heteroatoms. The van der Waals surface area contributed by atoms with Gasteiger partial charge >= 0.3 is 5.97 Å². The minimum atomic E-state index is -3.32. The average molecular weight is 430 g/mol. The lowest BCUT2D eigenvalue weighted by Gasteiger charge is -2.19. The van der Waals surface area contributed by atoms with Gasteiger partial charge in [0, 0.05) is 11.3 Å². The Bertz CT molecular complexity index is 1070. The summed E-state index contributed by atoms with van der Waals surface area (Å²) in [6.45, 7) is 8.73. The maximum Gasteiger partial charge on any atom is 0.344 e. The topological polar surface area (TPSA) is 82.6 Å². The fraction of sp³-hybridized carbons (Fsp3) is 0.391. The highest BCUT2D eigenvalue weighted by molar-refractivity contribution is 7.91. The van der Waals surface area contributed by atoms with Crippen LogP contribution in [0.5, 0.6) is 5.75 Å². The summed E-state index contributed by atoms with van der Waals surface area (Å²) in [6.07, 6.45) is 0.545. The highest BCUT2D eigenvalue weighted by Crippen LogP contribution is 2.18. The minimum absolute atomic E-state index is 0.0893. The number of aryl methyl sites for hydroxylation is 1. The maximum atomic E-state index is 12.3. The third kappa shape index (κ3) is 7.20. The first-order valence-electron chi connectivity index (χ1n) is 9.67. The van der Waals surface area contributed by atoms with Gasteiger partial charge in [0.2, 0.25) is 0 Å². The van der Waals surface area contributed by atoms with E-state index < -0.39 is 21.4 Å². The van der Waals surface area contributed by atoms with Crippen LogP contribution < -0.4 is 4.74 Å². The lowest BCUT2D eigenvalue weighted by atomic mass is 10.2. The number of sulfone groups is 1. The number of esters is 1. The second kappa shape index (κ2) is 9.77. The van der Waals surface area contributed by atoms with E-state index in [9.17, 15) is 13.2 Å². The van der Waals surface area contributed by atoms with Crippen LogP contribution in [0, 0.1) is 18.8 Å². The Kier molecular flexibility index (Phi) is 7.63. The molecule has 0 aliphatic heterocycles. The molecule has 0 spiro atoms. The minimum Gasteiger partial charge on any atom is -0.479 e. The number of carbonyl (C=O) groups is 1. The molecule has 1 heterocycles. The van der Waals surface area contributed by atoms with E-state index in [0.717, 1.165) is 5.69 Å². The molecule has 0 saturated carbocycles. The molecule has 0 aliphatic rings. The molecule has 0 bridgehead atoms. The number of hydrogen-bond acceptors (Lipinski definition) is 6. The van der Waals surface area contributed by atoms with Crippen LogP contribution in [0.3, 0.4) is 0 Å². The van der Waals surface area contributed by atoms with Crippen LogP contribution in [0.4, 0.5) is 0 Å².